The molecule has 8 rings (SSSR count). The number of fused-ring (bicyclic) bond motifs is 4. The van der Waals surface area contributed by atoms with Crippen molar-refractivity contribution in [3.8, 4) is 5.75 Å². The third-order valence-electron chi connectivity index (χ3n) is 9.69. The lowest BCUT2D eigenvalue weighted by molar-refractivity contribution is -0.173. The molecule has 1 aromatic heterocycles. The molecule has 0 unspecified atom stereocenters. The zero-order chi connectivity index (χ0) is 25.3. The lowest BCUT2D eigenvalue weighted by Crippen LogP contribution is -2.74. The maximum atomic E-state index is 13.0. The normalized spacial score (nSPS) is 30.9. The van der Waals surface area contributed by atoms with Crippen LogP contribution in [0.1, 0.15) is 58.1 Å². The van der Waals surface area contributed by atoms with Crippen molar-refractivity contribution in [1.82, 2.24) is 9.88 Å². The number of amides is 1. The van der Waals surface area contributed by atoms with Gasteiger partial charge in [0.15, 0.2) is 12.1 Å². The zero-order valence-electron chi connectivity index (χ0n) is 20.5. The molecule has 9 nitrogen and oxygen atoms in total. The Kier molecular flexibility index (Phi) is 3.98. The van der Waals surface area contributed by atoms with Crippen LogP contribution < -0.4 is 21.9 Å². The zero-order valence-corrected chi connectivity index (χ0v) is 20.5. The maximum Gasteiger partial charge on any atom is 0.252 e. The second-order valence-electron chi connectivity index (χ2n) is 11.6. The molecule has 9 heteroatoms. The molecule has 3 aliphatic carbocycles. The number of nitrogens with zero attached hydrogens (tertiary/aromatic N) is 2. The number of hydrogen-bond donors (Lipinski definition) is 5. The first-order valence-electron chi connectivity index (χ1n) is 13.1. The van der Waals surface area contributed by atoms with E-state index in [-0.39, 0.29) is 12.0 Å². The molecular formula is C28H30N6O3. The Hall–Kier alpha value is -3.56. The molecule has 5 aliphatic rings. The van der Waals surface area contributed by atoms with Gasteiger partial charge in [0.1, 0.15) is 5.75 Å². The van der Waals surface area contributed by atoms with Crippen molar-refractivity contribution in [3.05, 3.63) is 58.3 Å². The lowest BCUT2D eigenvalue weighted by Gasteiger charge is -2.62. The Labute approximate surface area is 213 Å². The first kappa shape index (κ1) is 21.5. The summed E-state index contributed by atoms with van der Waals surface area (Å²) in [6.07, 6.45) is 4.05. The maximum absolute atomic E-state index is 13.0. The van der Waals surface area contributed by atoms with E-state index in [1.54, 1.807) is 6.07 Å². The highest BCUT2D eigenvalue weighted by Crippen LogP contribution is 2.68. The largest absolute Gasteiger partial charge is 0.482 e. The third-order valence-corrected chi connectivity index (χ3v) is 9.69. The number of piperidine rings is 1. The van der Waals surface area contributed by atoms with Crippen molar-refractivity contribution in [2.45, 2.75) is 55.3 Å². The van der Waals surface area contributed by atoms with Gasteiger partial charge >= 0.3 is 0 Å². The van der Waals surface area contributed by atoms with Gasteiger partial charge in [0, 0.05) is 35.5 Å². The Morgan fingerprint density at radius 2 is 2.05 bits per heavy atom. The fraction of sp³-hybridized carbons (Fsp3) is 0.429. The van der Waals surface area contributed by atoms with Crippen molar-refractivity contribution in [3.63, 3.8) is 0 Å². The van der Waals surface area contributed by atoms with Crippen LogP contribution in [0.3, 0.4) is 0 Å². The van der Waals surface area contributed by atoms with E-state index < -0.39 is 23.0 Å². The van der Waals surface area contributed by atoms with Gasteiger partial charge in [-0.3, -0.25) is 9.69 Å². The number of aromatic nitrogens is 1. The van der Waals surface area contributed by atoms with Crippen LogP contribution in [0.2, 0.25) is 0 Å². The number of H-pyrrole nitrogens is 1. The third kappa shape index (κ3) is 2.60. The predicted octanol–water partition coefficient (Wildman–Crippen LogP) is 1.87. The second-order valence-corrected chi connectivity index (χ2v) is 11.6. The first-order valence-corrected chi connectivity index (χ1v) is 13.1. The Balaban J connectivity index is 1.39. The summed E-state index contributed by atoms with van der Waals surface area (Å²) in [6.45, 7) is 1.92. The van der Waals surface area contributed by atoms with Gasteiger partial charge in [0.05, 0.1) is 28.0 Å². The van der Waals surface area contributed by atoms with Gasteiger partial charge < -0.3 is 32.0 Å². The second kappa shape index (κ2) is 6.85. The number of carbonyl (C=O) groups excluding carboxylic acids is 1. The highest BCUT2D eigenvalue weighted by molar-refractivity contribution is 5.97. The number of aliphatic imine (C=N–C) groups is 1. The Morgan fingerprint density at radius 1 is 1.22 bits per heavy atom. The standard InChI is InChI=1S/C28H30N6O3/c29-25(35)16-5-3-14-9-20-28(36)11-18-17-10-15(32-26(30)31)4-6-19(17)33-22(18)24-27(28,21(14)23(16)37-24)7-8-34(20)12-13-1-2-13/h3-6,10,13,20,24,33,36H,1-2,7-9,11-12H2,(H2,29,35)(H4,30,31,32)/t20-,24+,27+,28-/m1/s1. The number of nitrogens with two attached hydrogens (primary N) is 3. The number of likely N-dealkylation sites (tertiary alicyclic amines) is 1. The SMILES string of the molecule is NC(=O)c1ccc2c3c1O[C@H]1c4[nH]c5ccc(N=C(N)N)cc5c4C[C@@]4(O)[C@@H](C2)N(CC2CC2)CC[C@]314. The van der Waals surface area contributed by atoms with Crippen LogP contribution in [0, 0.1) is 5.92 Å². The van der Waals surface area contributed by atoms with Gasteiger partial charge in [-0.15, -0.1) is 0 Å². The number of carbonyl (C=O) groups is 1. The summed E-state index contributed by atoms with van der Waals surface area (Å²) in [7, 11) is 0. The minimum atomic E-state index is -1.06. The minimum Gasteiger partial charge on any atom is -0.482 e. The average molecular weight is 499 g/mol. The van der Waals surface area contributed by atoms with E-state index in [4.69, 9.17) is 21.9 Å². The highest BCUT2D eigenvalue weighted by atomic mass is 16.5. The summed E-state index contributed by atoms with van der Waals surface area (Å²) in [6, 6.07) is 9.59. The van der Waals surface area contributed by atoms with E-state index >= 15 is 0 Å². The number of nitrogens with one attached hydrogen (secondary N) is 1. The molecule has 0 radical (unpaired) electrons. The first-order chi connectivity index (χ1) is 17.8. The molecule has 2 bridgehead atoms. The van der Waals surface area contributed by atoms with E-state index in [0.29, 0.717) is 23.4 Å². The monoisotopic (exact) mass is 498 g/mol. The summed E-state index contributed by atoms with van der Waals surface area (Å²) < 4.78 is 6.74. The van der Waals surface area contributed by atoms with Crippen LogP contribution >= 0.6 is 0 Å². The smallest absolute Gasteiger partial charge is 0.252 e. The van der Waals surface area contributed by atoms with Crippen molar-refractivity contribution in [2.24, 2.45) is 28.1 Å². The number of rotatable bonds is 4. The quantitative estimate of drug-likeness (QED) is 0.273. The number of hydrogen-bond acceptors (Lipinski definition) is 5. The van der Waals surface area contributed by atoms with Gasteiger partial charge in [-0.05, 0) is 73.5 Å². The summed E-state index contributed by atoms with van der Waals surface area (Å²) in [4.78, 5) is 22.8. The molecule has 1 saturated carbocycles. The van der Waals surface area contributed by atoms with Crippen LogP contribution in [-0.4, -0.2) is 51.6 Å². The van der Waals surface area contributed by atoms with Crippen LogP contribution in [0.4, 0.5) is 5.69 Å². The highest BCUT2D eigenvalue weighted by Gasteiger charge is 2.72. The van der Waals surface area contributed by atoms with Crippen LogP contribution in [-0.2, 0) is 18.3 Å². The number of aliphatic hydroxyl groups is 1. The number of benzene rings is 2. The van der Waals surface area contributed by atoms with Crippen molar-refractivity contribution in [2.75, 3.05) is 13.1 Å². The summed E-state index contributed by atoms with van der Waals surface area (Å²) in [5.41, 5.74) is 21.5. The van der Waals surface area contributed by atoms with Crippen LogP contribution in [0.15, 0.2) is 35.3 Å². The Morgan fingerprint density at radius 3 is 2.81 bits per heavy atom. The predicted molar refractivity (Wildman–Crippen MR) is 139 cm³/mol. The molecule has 2 aromatic carbocycles. The summed E-state index contributed by atoms with van der Waals surface area (Å²) in [5.74, 6) is 0.760. The van der Waals surface area contributed by atoms with Gasteiger partial charge in [-0.25, -0.2) is 4.99 Å². The lowest BCUT2D eigenvalue weighted by atomic mass is 9.49. The van der Waals surface area contributed by atoms with Crippen LogP contribution in [0.25, 0.3) is 10.9 Å². The molecular weight excluding hydrogens is 468 g/mol. The van der Waals surface area contributed by atoms with Crippen molar-refractivity contribution >= 4 is 28.5 Å². The fourth-order valence-electron chi connectivity index (χ4n) is 8.04. The molecule has 2 aliphatic heterocycles. The topological polar surface area (TPSA) is 156 Å². The van der Waals surface area contributed by atoms with E-state index in [9.17, 15) is 9.90 Å². The van der Waals surface area contributed by atoms with Gasteiger partial charge in [0.25, 0.3) is 5.91 Å². The number of guanidine groups is 1. The van der Waals surface area contributed by atoms with E-state index in [1.165, 1.54) is 12.8 Å². The average Bonchev–Trinajstić information content (AvgIpc) is 3.49. The Bertz CT molecular complexity index is 1550. The van der Waals surface area contributed by atoms with E-state index in [2.05, 4.69) is 14.9 Å². The van der Waals surface area contributed by atoms with E-state index in [0.717, 1.165) is 65.1 Å². The van der Waals surface area contributed by atoms with Gasteiger partial charge in [0.2, 0.25) is 0 Å². The number of ether oxygens (including phenoxy) is 1. The van der Waals surface area contributed by atoms with Gasteiger partial charge in [-0.1, -0.05) is 6.07 Å². The molecule has 2 fully saturated rings. The van der Waals surface area contributed by atoms with Crippen molar-refractivity contribution < 1.29 is 14.6 Å². The molecule has 3 aromatic rings. The minimum absolute atomic E-state index is 0.0000450. The molecule has 1 amide bonds. The summed E-state index contributed by atoms with van der Waals surface area (Å²) >= 11 is 0. The van der Waals surface area contributed by atoms with Crippen LogP contribution in [0.5, 0.6) is 5.75 Å². The number of aromatic amines is 1. The molecule has 4 atom stereocenters. The molecule has 190 valence electrons. The molecule has 37 heavy (non-hydrogen) atoms. The van der Waals surface area contributed by atoms with Gasteiger partial charge in [-0.2, -0.15) is 0 Å². The van der Waals surface area contributed by atoms with Crippen molar-refractivity contribution in [1.29, 1.82) is 0 Å². The molecule has 8 N–H and O–H groups in total. The molecule has 1 spiro atoms. The van der Waals surface area contributed by atoms with E-state index in [1.807, 2.05) is 24.3 Å². The summed E-state index contributed by atoms with van der Waals surface area (Å²) in [5, 5.41) is 13.9. The fourth-order valence-corrected chi connectivity index (χ4v) is 8.04. The molecule has 3 heterocycles. The number of primary amides is 1. The molecule has 1 saturated heterocycles.